The van der Waals surface area contributed by atoms with E-state index in [2.05, 4.69) is 48.0 Å². The third-order valence-electron chi connectivity index (χ3n) is 7.68. The quantitative estimate of drug-likeness (QED) is 0.460. The maximum atomic E-state index is 11.8. The van der Waals surface area contributed by atoms with Gasteiger partial charge in [0.15, 0.2) is 0 Å². The van der Waals surface area contributed by atoms with Gasteiger partial charge in [0.1, 0.15) is 24.4 Å². The number of piperidine rings is 3. The number of methoxy groups -OCH3 is 1. The fourth-order valence-electron chi connectivity index (χ4n) is 6.07. The molecule has 0 radical (unpaired) electrons. The Hall–Kier alpha value is -2.40. The molecule has 0 amide bonds. The zero-order chi connectivity index (χ0) is 21.4. The first kappa shape index (κ1) is 22.8. The third kappa shape index (κ3) is 3.92. The second kappa shape index (κ2) is 9.22. The van der Waals surface area contributed by atoms with E-state index in [1.54, 1.807) is 7.11 Å². The van der Waals surface area contributed by atoms with E-state index in [0.717, 1.165) is 52.8 Å². The Morgan fingerprint density at radius 1 is 1.22 bits per heavy atom. The summed E-state index contributed by atoms with van der Waals surface area (Å²) in [5, 5.41) is 12.8. The van der Waals surface area contributed by atoms with Gasteiger partial charge in [-0.1, -0.05) is 36.4 Å². The van der Waals surface area contributed by atoms with Crippen LogP contribution in [0, 0.1) is 11.8 Å². The topological polar surface area (TPSA) is 42.4 Å². The highest BCUT2D eigenvalue weighted by Crippen LogP contribution is 2.48. The fourth-order valence-corrected chi connectivity index (χ4v) is 6.07. The van der Waals surface area contributed by atoms with Gasteiger partial charge in [0.2, 0.25) is 0 Å². The summed E-state index contributed by atoms with van der Waals surface area (Å²) in [5.74, 6) is 1.92. The van der Waals surface area contributed by atoms with Crippen molar-refractivity contribution in [3.05, 3.63) is 84.6 Å². The summed E-state index contributed by atoms with van der Waals surface area (Å²) in [7, 11) is 1.68. The molecular formula is C27H31ClN2O2. The number of hydrogen-bond acceptors (Lipinski definition) is 3. The number of aromatic nitrogens is 1. The number of ether oxygens (including phenoxy) is 1. The van der Waals surface area contributed by atoms with Gasteiger partial charge in [0.25, 0.3) is 0 Å². The molecule has 3 aromatic rings. The van der Waals surface area contributed by atoms with Crippen LogP contribution in [-0.4, -0.2) is 40.8 Å². The largest absolute Gasteiger partial charge is 1.00 e. The van der Waals surface area contributed by atoms with Gasteiger partial charge in [-0.3, -0.25) is 4.98 Å². The van der Waals surface area contributed by atoms with E-state index in [1.165, 1.54) is 12.0 Å². The molecule has 0 saturated carbocycles. The highest BCUT2D eigenvalue weighted by molar-refractivity contribution is 5.83. The molecule has 4 heterocycles. The Morgan fingerprint density at radius 3 is 2.78 bits per heavy atom. The molecule has 3 aliphatic heterocycles. The predicted octanol–water partition coefficient (Wildman–Crippen LogP) is 1.89. The molecule has 3 aliphatic rings. The monoisotopic (exact) mass is 450 g/mol. The molecular weight excluding hydrogens is 420 g/mol. The molecule has 2 bridgehead atoms. The van der Waals surface area contributed by atoms with Crippen LogP contribution in [0.5, 0.6) is 5.75 Å². The van der Waals surface area contributed by atoms with E-state index in [0.29, 0.717) is 11.8 Å². The number of rotatable bonds is 6. The second-order valence-electron chi connectivity index (χ2n) is 9.25. The summed E-state index contributed by atoms with van der Waals surface area (Å²) >= 11 is 0. The van der Waals surface area contributed by atoms with Crippen molar-refractivity contribution < 1.29 is 26.7 Å². The molecule has 4 nitrogen and oxygen atoms in total. The summed E-state index contributed by atoms with van der Waals surface area (Å²) in [4.78, 5) is 4.52. The number of benzene rings is 2. The Morgan fingerprint density at radius 2 is 2.03 bits per heavy atom. The molecule has 1 aromatic heterocycles. The van der Waals surface area contributed by atoms with Gasteiger partial charge < -0.3 is 26.7 Å². The Bertz CT molecular complexity index is 1090. The molecule has 0 unspecified atom stereocenters. The summed E-state index contributed by atoms with van der Waals surface area (Å²) in [6, 6.07) is 18.8. The smallest absolute Gasteiger partial charge is 0.131 e. The molecule has 0 spiro atoms. The van der Waals surface area contributed by atoms with Crippen molar-refractivity contribution >= 4 is 10.9 Å². The van der Waals surface area contributed by atoms with Crippen molar-refractivity contribution in [2.24, 2.45) is 11.8 Å². The van der Waals surface area contributed by atoms with Crippen LogP contribution in [0.25, 0.3) is 10.9 Å². The number of pyridine rings is 1. The lowest BCUT2D eigenvalue weighted by molar-refractivity contribution is -0.984. The molecule has 3 saturated heterocycles. The van der Waals surface area contributed by atoms with Gasteiger partial charge in [0.05, 0.1) is 25.7 Å². The minimum absolute atomic E-state index is 0. The van der Waals surface area contributed by atoms with Crippen LogP contribution in [-0.2, 0) is 6.54 Å². The van der Waals surface area contributed by atoms with Crippen LogP contribution in [0.3, 0.4) is 0 Å². The van der Waals surface area contributed by atoms with Crippen LogP contribution in [0.2, 0.25) is 0 Å². The Labute approximate surface area is 196 Å². The summed E-state index contributed by atoms with van der Waals surface area (Å²) in [6.45, 7) is 7.25. The molecule has 1 N–H and O–H groups in total. The van der Waals surface area contributed by atoms with Gasteiger partial charge in [-0.15, -0.1) is 6.58 Å². The number of aliphatic hydroxyl groups excluding tert-OH is 1. The summed E-state index contributed by atoms with van der Waals surface area (Å²) in [5.41, 5.74) is 3.19. The average Bonchev–Trinajstić information content (AvgIpc) is 2.83. The van der Waals surface area contributed by atoms with Crippen molar-refractivity contribution in [2.75, 3.05) is 20.2 Å². The number of quaternary nitrogens is 1. The Kier molecular flexibility index (Phi) is 6.57. The molecule has 5 atom stereocenters. The first-order chi connectivity index (χ1) is 15.1. The van der Waals surface area contributed by atoms with Gasteiger partial charge in [-0.25, -0.2) is 0 Å². The van der Waals surface area contributed by atoms with Crippen molar-refractivity contribution in [1.82, 2.24) is 4.98 Å². The molecule has 6 rings (SSSR count). The minimum atomic E-state index is -0.546. The van der Waals surface area contributed by atoms with E-state index in [4.69, 9.17) is 4.74 Å². The number of aliphatic hydroxyl groups is 1. The molecule has 2 aromatic carbocycles. The van der Waals surface area contributed by atoms with E-state index in [9.17, 15) is 5.11 Å². The van der Waals surface area contributed by atoms with Gasteiger partial charge in [-0.2, -0.15) is 0 Å². The normalized spacial score (nSPS) is 27.5. The maximum absolute atomic E-state index is 11.8. The highest BCUT2D eigenvalue weighted by atomic mass is 35.5. The van der Waals surface area contributed by atoms with Crippen LogP contribution < -0.4 is 17.1 Å². The highest BCUT2D eigenvalue weighted by Gasteiger charge is 2.53. The van der Waals surface area contributed by atoms with Gasteiger partial charge in [0, 0.05) is 35.9 Å². The first-order valence-electron chi connectivity index (χ1n) is 11.3. The summed E-state index contributed by atoms with van der Waals surface area (Å²) < 4.78 is 6.38. The van der Waals surface area contributed by atoms with Crippen molar-refractivity contribution in [3.63, 3.8) is 0 Å². The molecule has 32 heavy (non-hydrogen) atoms. The van der Waals surface area contributed by atoms with E-state index >= 15 is 0 Å². The van der Waals surface area contributed by atoms with Crippen LogP contribution >= 0.6 is 0 Å². The van der Waals surface area contributed by atoms with Crippen LogP contribution in [0.15, 0.2) is 73.4 Å². The van der Waals surface area contributed by atoms with Crippen molar-refractivity contribution in [3.8, 4) is 5.75 Å². The van der Waals surface area contributed by atoms with Gasteiger partial charge in [-0.05, 0) is 35.7 Å². The number of hydrogen-bond donors (Lipinski definition) is 1. The van der Waals surface area contributed by atoms with Gasteiger partial charge >= 0.3 is 0 Å². The maximum Gasteiger partial charge on any atom is 0.131 e. The SMILES string of the molecule is C=C[C@H]1C[N@+]2(Cc3ccccc3)CC[C@@H]1C[C@H]2[C@H](O)c1ccnc2ccc(OC)cc12.[Cl-]. The van der Waals surface area contributed by atoms with Crippen molar-refractivity contribution in [1.29, 1.82) is 0 Å². The second-order valence-corrected chi connectivity index (χ2v) is 9.25. The summed E-state index contributed by atoms with van der Waals surface area (Å²) in [6.07, 6.45) is 5.65. The number of fused-ring (bicyclic) bond motifs is 4. The number of nitrogens with zero attached hydrogens (tertiary/aromatic N) is 2. The lowest BCUT2D eigenvalue weighted by atomic mass is 9.71. The number of halogens is 1. The molecule has 0 aliphatic carbocycles. The standard InChI is InChI=1S/C27H31N2O2.ClH/c1-3-20-18-29(17-19-7-5-4-6-8-19)14-12-21(20)15-26(29)27(30)23-11-13-28-25-10-9-22(31-2)16-24(23)25;/h3-11,13,16,20-21,26-27,30H,1,12,14-15,17-18H2,2H3;1H/q+1;/p-1/t20-,21+,26-,27+,29+;/m0./s1. The van der Waals surface area contributed by atoms with E-state index in [-0.39, 0.29) is 18.4 Å². The Balaban J connectivity index is 0.00000245. The minimum Gasteiger partial charge on any atom is -1.00 e. The zero-order valence-corrected chi connectivity index (χ0v) is 19.3. The third-order valence-corrected chi connectivity index (χ3v) is 7.68. The lowest BCUT2D eigenvalue weighted by Gasteiger charge is -2.58. The predicted molar refractivity (Wildman–Crippen MR) is 124 cm³/mol. The lowest BCUT2D eigenvalue weighted by Crippen LogP contribution is -3.00. The molecule has 5 heteroatoms. The van der Waals surface area contributed by atoms with E-state index < -0.39 is 6.10 Å². The zero-order valence-electron chi connectivity index (χ0n) is 18.5. The van der Waals surface area contributed by atoms with Crippen LogP contribution in [0.1, 0.15) is 30.1 Å². The van der Waals surface area contributed by atoms with Crippen molar-refractivity contribution in [2.45, 2.75) is 31.5 Å². The fraction of sp³-hybridized carbons (Fsp3) is 0.370. The molecule has 168 valence electrons. The average molecular weight is 451 g/mol. The molecule has 3 fully saturated rings. The van der Waals surface area contributed by atoms with Crippen LogP contribution in [0.4, 0.5) is 0 Å². The van der Waals surface area contributed by atoms with E-state index in [1.807, 2.05) is 30.5 Å². The first-order valence-corrected chi connectivity index (χ1v) is 11.3.